The van der Waals surface area contributed by atoms with E-state index in [0.29, 0.717) is 30.5 Å². The van der Waals surface area contributed by atoms with Gasteiger partial charge in [0.2, 0.25) is 5.91 Å². The molecule has 1 amide bonds. The molecule has 4 nitrogen and oxygen atoms in total. The molecule has 1 rings (SSSR count). The molecule has 0 fully saturated rings. The summed E-state index contributed by atoms with van der Waals surface area (Å²) in [5.74, 6) is -0.502. The number of amides is 1. The minimum absolute atomic E-state index is 0.124. The molecule has 0 atom stereocenters. The lowest BCUT2D eigenvalue weighted by Crippen LogP contribution is -2.32. The van der Waals surface area contributed by atoms with Crippen molar-refractivity contribution in [3.8, 4) is 0 Å². The second-order valence-corrected chi connectivity index (χ2v) is 5.52. The van der Waals surface area contributed by atoms with Crippen LogP contribution in [0.2, 0.25) is 0 Å². The van der Waals surface area contributed by atoms with Crippen LogP contribution in [0.1, 0.15) is 40.0 Å². The molecular weight excluding hydrogens is 218 g/mol. The smallest absolute Gasteiger partial charge is 0.334 e. The predicted molar refractivity (Wildman–Crippen MR) is 65.4 cm³/mol. The van der Waals surface area contributed by atoms with Crippen LogP contribution in [-0.4, -0.2) is 25.5 Å². The van der Waals surface area contributed by atoms with E-state index in [1.54, 1.807) is 0 Å². The van der Waals surface area contributed by atoms with Crippen molar-refractivity contribution in [1.29, 1.82) is 0 Å². The Morgan fingerprint density at radius 3 is 2.24 bits per heavy atom. The molecule has 0 heterocycles. The molecule has 17 heavy (non-hydrogen) atoms. The molecule has 0 saturated carbocycles. The van der Waals surface area contributed by atoms with Crippen molar-refractivity contribution in [2.45, 2.75) is 40.0 Å². The number of nitrogens with one attached hydrogen (secondary N) is 1. The number of hydrogen-bond acceptors (Lipinski definition) is 3. The quantitative estimate of drug-likeness (QED) is 0.761. The third kappa shape index (κ3) is 3.88. The van der Waals surface area contributed by atoms with Crippen LogP contribution in [-0.2, 0) is 14.3 Å². The minimum Gasteiger partial charge on any atom is -0.466 e. The van der Waals surface area contributed by atoms with E-state index >= 15 is 0 Å². The Labute approximate surface area is 102 Å². The molecule has 96 valence electrons. The third-order valence-corrected chi connectivity index (χ3v) is 2.86. The Kier molecular flexibility index (Phi) is 4.32. The van der Waals surface area contributed by atoms with E-state index in [2.05, 4.69) is 30.8 Å². The van der Waals surface area contributed by atoms with Gasteiger partial charge < -0.3 is 10.1 Å². The fraction of sp³-hybridized carbons (Fsp3) is 0.692. The van der Waals surface area contributed by atoms with Crippen LogP contribution in [0, 0.1) is 5.41 Å². The van der Waals surface area contributed by atoms with Crippen molar-refractivity contribution in [3.63, 3.8) is 0 Å². The van der Waals surface area contributed by atoms with E-state index in [0.717, 1.165) is 6.42 Å². The maximum Gasteiger partial charge on any atom is 0.334 e. The SMILES string of the molecule is COC(=O)C1=C(C(=O)NCCC(C)(C)C)CC1. The number of methoxy groups -OCH3 is 1. The monoisotopic (exact) mass is 239 g/mol. The van der Waals surface area contributed by atoms with Gasteiger partial charge in [-0.15, -0.1) is 0 Å². The highest BCUT2D eigenvalue weighted by Crippen LogP contribution is 2.28. The zero-order chi connectivity index (χ0) is 13.1. The molecular formula is C13H21NO3. The van der Waals surface area contributed by atoms with Crippen LogP contribution in [0.15, 0.2) is 11.1 Å². The van der Waals surface area contributed by atoms with Gasteiger partial charge in [0.15, 0.2) is 0 Å². The van der Waals surface area contributed by atoms with E-state index in [-0.39, 0.29) is 17.3 Å². The van der Waals surface area contributed by atoms with Crippen LogP contribution in [0.4, 0.5) is 0 Å². The first-order valence-corrected chi connectivity index (χ1v) is 5.93. The van der Waals surface area contributed by atoms with Gasteiger partial charge in [0.1, 0.15) is 0 Å². The average Bonchev–Trinajstić information content (AvgIpc) is 2.13. The van der Waals surface area contributed by atoms with Gasteiger partial charge >= 0.3 is 5.97 Å². The summed E-state index contributed by atoms with van der Waals surface area (Å²) in [5, 5.41) is 2.85. The molecule has 0 saturated heterocycles. The standard InChI is InChI=1S/C13H21NO3/c1-13(2,3)7-8-14-11(15)9-5-6-10(9)12(16)17-4/h5-8H2,1-4H3,(H,14,15). The minimum atomic E-state index is -0.378. The number of hydrogen-bond donors (Lipinski definition) is 1. The topological polar surface area (TPSA) is 55.4 Å². The molecule has 1 aliphatic carbocycles. The van der Waals surface area contributed by atoms with Crippen LogP contribution in [0.5, 0.6) is 0 Å². The first-order valence-electron chi connectivity index (χ1n) is 5.93. The molecule has 0 bridgehead atoms. The van der Waals surface area contributed by atoms with Crippen LogP contribution in [0.3, 0.4) is 0 Å². The molecule has 0 radical (unpaired) electrons. The summed E-state index contributed by atoms with van der Waals surface area (Å²) in [5.41, 5.74) is 1.32. The van der Waals surface area contributed by atoms with Gasteiger partial charge in [-0.1, -0.05) is 20.8 Å². The largest absolute Gasteiger partial charge is 0.466 e. The Morgan fingerprint density at radius 1 is 1.24 bits per heavy atom. The van der Waals surface area contributed by atoms with E-state index in [9.17, 15) is 9.59 Å². The first-order chi connectivity index (χ1) is 7.85. The Hall–Kier alpha value is -1.32. The molecule has 0 aromatic carbocycles. The van der Waals surface area contributed by atoms with Crippen LogP contribution in [0.25, 0.3) is 0 Å². The number of carbonyl (C=O) groups excluding carboxylic acids is 2. The maximum absolute atomic E-state index is 11.8. The predicted octanol–water partition coefficient (Wildman–Crippen LogP) is 1.80. The van der Waals surface area contributed by atoms with Gasteiger partial charge in [-0.05, 0) is 24.7 Å². The molecule has 1 N–H and O–H groups in total. The van der Waals surface area contributed by atoms with Crippen molar-refractivity contribution in [3.05, 3.63) is 11.1 Å². The summed E-state index contributed by atoms with van der Waals surface area (Å²) >= 11 is 0. The summed E-state index contributed by atoms with van der Waals surface area (Å²) in [7, 11) is 1.34. The van der Waals surface area contributed by atoms with Crippen molar-refractivity contribution >= 4 is 11.9 Å². The zero-order valence-electron chi connectivity index (χ0n) is 11.1. The second kappa shape index (κ2) is 5.34. The Bertz CT molecular complexity index is 350. The lowest BCUT2D eigenvalue weighted by molar-refractivity contribution is -0.137. The molecule has 4 heteroatoms. The molecule has 0 aromatic heterocycles. The number of esters is 1. The molecule has 0 unspecified atom stereocenters. The van der Waals surface area contributed by atoms with E-state index < -0.39 is 0 Å². The van der Waals surface area contributed by atoms with Gasteiger partial charge in [0, 0.05) is 17.7 Å². The lowest BCUT2D eigenvalue weighted by atomic mass is 9.87. The van der Waals surface area contributed by atoms with Gasteiger partial charge in [-0.3, -0.25) is 4.79 Å². The van der Waals surface area contributed by atoms with Gasteiger partial charge in [-0.25, -0.2) is 4.79 Å². The fourth-order valence-corrected chi connectivity index (χ4v) is 1.63. The van der Waals surface area contributed by atoms with Crippen molar-refractivity contribution in [2.24, 2.45) is 5.41 Å². The van der Waals surface area contributed by atoms with E-state index in [1.807, 2.05) is 0 Å². The second-order valence-electron chi connectivity index (χ2n) is 5.52. The van der Waals surface area contributed by atoms with Crippen LogP contribution >= 0.6 is 0 Å². The maximum atomic E-state index is 11.8. The highest BCUT2D eigenvalue weighted by molar-refractivity contribution is 6.05. The van der Waals surface area contributed by atoms with Gasteiger partial charge in [0.25, 0.3) is 0 Å². The summed E-state index contributed by atoms with van der Waals surface area (Å²) in [6.07, 6.45) is 2.24. The van der Waals surface area contributed by atoms with Gasteiger partial charge in [-0.2, -0.15) is 0 Å². The van der Waals surface area contributed by atoms with Crippen molar-refractivity contribution in [1.82, 2.24) is 5.32 Å². The van der Waals surface area contributed by atoms with Gasteiger partial charge in [0.05, 0.1) is 7.11 Å². The van der Waals surface area contributed by atoms with Crippen LogP contribution < -0.4 is 5.32 Å². The average molecular weight is 239 g/mol. The number of rotatable bonds is 4. The molecule has 0 aromatic rings. The summed E-state index contributed by atoms with van der Waals surface area (Å²) in [6.45, 7) is 7.02. The first kappa shape index (κ1) is 13.7. The normalized spacial score (nSPS) is 15.3. The van der Waals surface area contributed by atoms with E-state index in [4.69, 9.17) is 0 Å². The van der Waals surface area contributed by atoms with Crippen molar-refractivity contribution < 1.29 is 14.3 Å². The zero-order valence-corrected chi connectivity index (χ0v) is 11.1. The summed E-state index contributed by atoms with van der Waals surface area (Å²) in [6, 6.07) is 0. The Balaban J connectivity index is 2.47. The highest BCUT2D eigenvalue weighted by atomic mass is 16.5. The number of carbonyl (C=O) groups is 2. The fourth-order valence-electron chi connectivity index (χ4n) is 1.63. The molecule has 1 aliphatic rings. The van der Waals surface area contributed by atoms with Crippen molar-refractivity contribution in [2.75, 3.05) is 13.7 Å². The number of ether oxygens (including phenoxy) is 1. The molecule has 0 spiro atoms. The van der Waals surface area contributed by atoms with E-state index in [1.165, 1.54) is 7.11 Å². The third-order valence-electron chi connectivity index (χ3n) is 2.86. The molecule has 0 aliphatic heterocycles. The Morgan fingerprint density at radius 2 is 1.82 bits per heavy atom. The summed E-state index contributed by atoms with van der Waals surface area (Å²) < 4.78 is 4.62. The summed E-state index contributed by atoms with van der Waals surface area (Å²) in [4.78, 5) is 23.0. The highest BCUT2D eigenvalue weighted by Gasteiger charge is 2.28. The lowest BCUT2D eigenvalue weighted by Gasteiger charge is -2.22.